The average molecular weight is 264 g/mol. The van der Waals surface area contributed by atoms with Crippen molar-refractivity contribution in [3.8, 4) is 0 Å². The molecule has 0 atom stereocenters. The first-order valence-corrected chi connectivity index (χ1v) is 6.77. The van der Waals surface area contributed by atoms with E-state index in [0.717, 1.165) is 11.1 Å². The van der Waals surface area contributed by atoms with Gasteiger partial charge in [-0.3, -0.25) is 0 Å². The van der Waals surface area contributed by atoms with Crippen LogP contribution in [0.15, 0.2) is 46.6 Å². The average Bonchev–Trinajstić information content (AvgIpc) is 2.42. The zero-order valence-electron chi connectivity index (χ0n) is 12.5. The van der Waals surface area contributed by atoms with Crippen LogP contribution < -0.4 is 0 Å². The molecule has 0 fully saturated rings. The Morgan fingerprint density at radius 1 is 0.650 bits per heavy atom. The summed E-state index contributed by atoms with van der Waals surface area (Å²) in [4.78, 5) is 0. The minimum absolute atomic E-state index is 1.11. The lowest BCUT2D eigenvalue weighted by Gasteiger charge is -2.01. The molecule has 0 N–H and O–H groups in total. The molecule has 2 heteroatoms. The number of hydrogen-bond acceptors (Lipinski definition) is 2. The molecule has 0 aliphatic rings. The molecule has 0 bridgehead atoms. The summed E-state index contributed by atoms with van der Waals surface area (Å²) in [5, 5.41) is 8.31. The standard InChI is InChI=1S/C18H20N2/c1-13-5-7-15(3)17(9-13)11-19-20-12-18-10-14(2)6-8-16(18)4/h5-12H,1-4H3/b19-11+,20-12+. The van der Waals surface area contributed by atoms with Crippen LogP contribution in [0.2, 0.25) is 0 Å². The van der Waals surface area contributed by atoms with Gasteiger partial charge in [-0.2, -0.15) is 10.2 Å². The first-order valence-electron chi connectivity index (χ1n) is 6.77. The van der Waals surface area contributed by atoms with Crippen LogP contribution in [0.25, 0.3) is 0 Å². The van der Waals surface area contributed by atoms with Gasteiger partial charge >= 0.3 is 0 Å². The monoisotopic (exact) mass is 264 g/mol. The second kappa shape index (κ2) is 6.29. The van der Waals surface area contributed by atoms with Gasteiger partial charge in [0.15, 0.2) is 0 Å². The molecule has 0 aliphatic heterocycles. The number of nitrogens with zero attached hydrogens (tertiary/aromatic N) is 2. The molecule has 2 nitrogen and oxygen atoms in total. The Morgan fingerprint density at radius 3 is 1.45 bits per heavy atom. The number of rotatable bonds is 3. The van der Waals surface area contributed by atoms with Crippen molar-refractivity contribution in [1.82, 2.24) is 0 Å². The highest BCUT2D eigenvalue weighted by Gasteiger charge is 1.96. The second-order valence-electron chi connectivity index (χ2n) is 5.21. The third-order valence-electron chi connectivity index (χ3n) is 3.33. The molecule has 0 amide bonds. The molecule has 0 saturated heterocycles. The Labute approximate surface area is 120 Å². The van der Waals surface area contributed by atoms with E-state index in [0.29, 0.717) is 0 Å². The van der Waals surface area contributed by atoms with Gasteiger partial charge < -0.3 is 0 Å². The summed E-state index contributed by atoms with van der Waals surface area (Å²) >= 11 is 0. The molecule has 2 aromatic carbocycles. The van der Waals surface area contributed by atoms with Gasteiger partial charge in [0.1, 0.15) is 0 Å². The lowest BCUT2D eigenvalue weighted by atomic mass is 10.1. The van der Waals surface area contributed by atoms with Gasteiger partial charge in [0.05, 0.1) is 12.4 Å². The molecule has 20 heavy (non-hydrogen) atoms. The van der Waals surface area contributed by atoms with E-state index >= 15 is 0 Å². The van der Waals surface area contributed by atoms with Crippen LogP contribution in [-0.2, 0) is 0 Å². The van der Waals surface area contributed by atoms with Gasteiger partial charge in [-0.05, 0) is 49.9 Å². The molecule has 102 valence electrons. The van der Waals surface area contributed by atoms with E-state index in [-0.39, 0.29) is 0 Å². The maximum atomic E-state index is 4.15. The Balaban J connectivity index is 2.15. The van der Waals surface area contributed by atoms with E-state index in [1.807, 2.05) is 12.4 Å². The molecule has 0 aromatic heterocycles. The van der Waals surface area contributed by atoms with Gasteiger partial charge in [-0.15, -0.1) is 0 Å². The normalized spacial score (nSPS) is 11.6. The highest BCUT2D eigenvalue weighted by molar-refractivity contribution is 5.84. The van der Waals surface area contributed by atoms with Gasteiger partial charge in [0.2, 0.25) is 0 Å². The molecule has 2 rings (SSSR count). The molecule has 2 aromatic rings. The fraction of sp³-hybridized carbons (Fsp3) is 0.222. The predicted octanol–water partition coefficient (Wildman–Crippen LogP) is 4.37. The van der Waals surface area contributed by atoms with Crippen LogP contribution >= 0.6 is 0 Å². The van der Waals surface area contributed by atoms with Crippen LogP contribution in [0.3, 0.4) is 0 Å². The van der Waals surface area contributed by atoms with E-state index in [1.54, 1.807) is 0 Å². The molecule has 0 spiro atoms. The van der Waals surface area contributed by atoms with E-state index in [1.165, 1.54) is 22.3 Å². The number of aryl methyl sites for hydroxylation is 4. The zero-order valence-corrected chi connectivity index (χ0v) is 12.5. The summed E-state index contributed by atoms with van der Waals surface area (Å²) in [5.74, 6) is 0. The van der Waals surface area contributed by atoms with Crippen molar-refractivity contribution in [3.05, 3.63) is 69.8 Å². The first kappa shape index (κ1) is 14.2. The maximum absolute atomic E-state index is 4.15. The topological polar surface area (TPSA) is 24.7 Å². The summed E-state index contributed by atoms with van der Waals surface area (Å²) in [6, 6.07) is 12.6. The van der Waals surface area contributed by atoms with Crippen LogP contribution in [0.1, 0.15) is 33.4 Å². The smallest absolute Gasteiger partial charge is 0.0570 e. The van der Waals surface area contributed by atoms with Gasteiger partial charge in [-0.1, -0.05) is 47.5 Å². The Morgan fingerprint density at radius 2 is 1.05 bits per heavy atom. The van der Waals surface area contributed by atoms with Crippen molar-refractivity contribution >= 4 is 12.4 Å². The summed E-state index contributed by atoms with van der Waals surface area (Å²) in [6.07, 6.45) is 3.62. The SMILES string of the molecule is Cc1ccc(C)c(/C=N/N=C/c2cc(C)ccc2C)c1. The quantitative estimate of drug-likeness (QED) is 0.581. The number of benzene rings is 2. The maximum Gasteiger partial charge on any atom is 0.0570 e. The van der Waals surface area contributed by atoms with Crippen molar-refractivity contribution in [1.29, 1.82) is 0 Å². The molecule has 0 saturated carbocycles. The summed E-state index contributed by atoms with van der Waals surface area (Å²) in [5.41, 5.74) is 7.11. The van der Waals surface area contributed by atoms with Crippen LogP contribution in [0.4, 0.5) is 0 Å². The second-order valence-corrected chi connectivity index (χ2v) is 5.21. The third kappa shape index (κ3) is 3.64. The van der Waals surface area contributed by atoms with Crippen molar-refractivity contribution in [2.45, 2.75) is 27.7 Å². The Kier molecular flexibility index (Phi) is 4.46. The lowest BCUT2D eigenvalue weighted by molar-refractivity contribution is 1.25. The van der Waals surface area contributed by atoms with Crippen molar-refractivity contribution in [2.24, 2.45) is 10.2 Å². The molecular formula is C18H20N2. The number of hydrogen-bond donors (Lipinski definition) is 0. The highest BCUT2D eigenvalue weighted by atomic mass is 15.2. The van der Waals surface area contributed by atoms with Crippen LogP contribution in [-0.4, -0.2) is 12.4 Å². The van der Waals surface area contributed by atoms with Crippen molar-refractivity contribution in [3.63, 3.8) is 0 Å². The Hall–Kier alpha value is -2.22. The Bertz CT molecular complexity index is 608. The van der Waals surface area contributed by atoms with Crippen molar-refractivity contribution < 1.29 is 0 Å². The molecule has 0 unspecified atom stereocenters. The fourth-order valence-electron chi connectivity index (χ4n) is 1.99. The lowest BCUT2D eigenvalue weighted by Crippen LogP contribution is -1.89. The zero-order chi connectivity index (χ0) is 14.5. The summed E-state index contributed by atoms with van der Waals surface area (Å²) in [6.45, 7) is 8.32. The van der Waals surface area contributed by atoms with Crippen LogP contribution in [0, 0.1) is 27.7 Å². The van der Waals surface area contributed by atoms with Gasteiger partial charge in [0.25, 0.3) is 0 Å². The van der Waals surface area contributed by atoms with Gasteiger partial charge in [-0.25, -0.2) is 0 Å². The molecule has 0 heterocycles. The fourth-order valence-corrected chi connectivity index (χ4v) is 1.99. The molecular weight excluding hydrogens is 244 g/mol. The minimum Gasteiger partial charge on any atom is -0.159 e. The highest BCUT2D eigenvalue weighted by Crippen LogP contribution is 2.09. The van der Waals surface area contributed by atoms with E-state index in [9.17, 15) is 0 Å². The van der Waals surface area contributed by atoms with E-state index in [4.69, 9.17) is 0 Å². The minimum atomic E-state index is 1.11. The molecule has 0 aliphatic carbocycles. The summed E-state index contributed by atoms with van der Waals surface area (Å²) in [7, 11) is 0. The van der Waals surface area contributed by atoms with Crippen molar-refractivity contribution in [2.75, 3.05) is 0 Å². The largest absolute Gasteiger partial charge is 0.159 e. The van der Waals surface area contributed by atoms with E-state index in [2.05, 4.69) is 74.3 Å². The predicted molar refractivity (Wildman–Crippen MR) is 87.0 cm³/mol. The molecule has 0 radical (unpaired) electrons. The van der Waals surface area contributed by atoms with E-state index < -0.39 is 0 Å². The van der Waals surface area contributed by atoms with Crippen LogP contribution in [0.5, 0.6) is 0 Å². The summed E-state index contributed by atoms with van der Waals surface area (Å²) < 4.78 is 0. The third-order valence-corrected chi connectivity index (χ3v) is 3.33. The first-order chi connectivity index (χ1) is 9.56. The van der Waals surface area contributed by atoms with Gasteiger partial charge in [0, 0.05) is 0 Å².